The van der Waals surface area contributed by atoms with Crippen molar-refractivity contribution in [2.75, 3.05) is 0 Å². The molecule has 0 radical (unpaired) electrons. The lowest BCUT2D eigenvalue weighted by Crippen LogP contribution is -2.22. The summed E-state index contributed by atoms with van der Waals surface area (Å²) in [6.07, 6.45) is 1.57. The average molecular weight is 542 g/mol. The van der Waals surface area contributed by atoms with Crippen molar-refractivity contribution in [3.05, 3.63) is 98.8 Å². The number of thioether (sulfide) groups is 1. The second kappa shape index (κ2) is 10.7. The molecule has 7 nitrogen and oxygen atoms in total. The average Bonchev–Trinajstić information content (AvgIpc) is 3.63. The van der Waals surface area contributed by atoms with Crippen molar-refractivity contribution in [2.45, 2.75) is 17.5 Å². The van der Waals surface area contributed by atoms with Crippen molar-refractivity contribution in [1.82, 2.24) is 25.1 Å². The minimum Gasteiger partial charge on any atom is -0.467 e. The van der Waals surface area contributed by atoms with Crippen molar-refractivity contribution < 1.29 is 9.21 Å². The fourth-order valence-electron chi connectivity index (χ4n) is 3.31. The van der Waals surface area contributed by atoms with E-state index in [9.17, 15) is 4.79 Å². The monoisotopic (exact) mass is 541 g/mol. The van der Waals surface area contributed by atoms with E-state index in [-0.39, 0.29) is 5.91 Å². The predicted molar refractivity (Wildman–Crippen MR) is 138 cm³/mol. The van der Waals surface area contributed by atoms with Crippen LogP contribution in [0.1, 0.15) is 21.3 Å². The van der Waals surface area contributed by atoms with Gasteiger partial charge in [-0.15, -0.1) is 21.5 Å². The van der Waals surface area contributed by atoms with E-state index in [1.165, 1.54) is 23.1 Å². The molecule has 2 aromatic carbocycles. The molecule has 0 bridgehead atoms. The largest absolute Gasteiger partial charge is 0.467 e. The third-order valence-corrected chi connectivity index (χ3v) is 7.46. The molecule has 1 N–H and O–H groups in total. The second-order valence-electron chi connectivity index (χ2n) is 7.28. The van der Waals surface area contributed by atoms with Gasteiger partial charge >= 0.3 is 0 Å². The lowest BCUT2D eigenvalue weighted by molar-refractivity contribution is 0.0943. The molecule has 0 unspecified atom stereocenters. The van der Waals surface area contributed by atoms with Crippen LogP contribution in [-0.4, -0.2) is 25.7 Å². The number of aromatic nitrogens is 4. The van der Waals surface area contributed by atoms with E-state index in [0.717, 1.165) is 16.3 Å². The predicted octanol–water partition coefficient (Wildman–Crippen LogP) is 6.51. The highest BCUT2D eigenvalue weighted by Gasteiger charge is 2.19. The minimum atomic E-state index is -0.253. The van der Waals surface area contributed by atoms with Gasteiger partial charge in [-0.3, -0.25) is 9.36 Å². The first kappa shape index (κ1) is 23.6. The highest BCUT2D eigenvalue weighted by molar-refractivity contribution is 7.98. The van der Waals surface area contributed by atoms with Crippen molar-refractivity contribution >= 4 is 52.2 Å². The molecular formula is C24H17Cl2N5O2S2. The van der Waals surface area contributed by atoms with Gasteiger partial charge in [0.2, 0.25) is 0 Å². The number of nitrogens with zero attached hydrogens (tertiary/aromatic N) is 4. The van der Waals surface area contributed by atoms with E-state index >= 15 is 0 Å². The van der Waals surface area contributed by atoms with Gasteiger partial charge in [0, 0.05) is 16.0 Å². The van der Waals surface area contributed by atoms with Gasteiger partial charge in [-0.1, -0.05) is 53.2 Å². The van der Waals surface area contributed by atoms with Crippen LogP contribution in [0.3, 0.4) is 0 Å². The third kappa shape index (κ3) is 5.43. The number of furan rings is 1. The fraction of sp³-hybridized carbons (Fsp3) is 0.0833. The number of benzene rings is 2. The molecule has 3 aromatic heterocycles. The van der Waals surface area contributed by atoms with Crippen LogP contribution in [-0.2, 0) is 12.3 Å². The summed E-state index contributed by atoms with van der Waals surface area (Å²) in [6.45, 7) is 0.307. The molecule has 0 aliphatic rings. The van der Waals surface area contributed by atoms with Crippen LogP contribution in [0.2, 0.25) is 10.0 Å². The molecule has 1 amide bonds. The zero-order valence-electron chi connectivity index (χ0n) is 18.0. The molecule has 5 aromatic rings. The molecule has 0 fully saturated rings. The molecule has 176 valence electrons. The number of carbonyl (C=O) groups excluding carboxylic acids is 1. The Labute approximate surface area is 219 Å². The first-order chi connectivity index (χ1) is 17.1. The first-order valence-electron chi connectivity index (χ1n) is 10.4. The molecule has 0 saturated heterocycles. The summed E-state index contributed by atoms with van der Waals surface area (Å²) in [5, 5.41) is 16.0. The first-order valence-corrected chi connectivity index (χ1v) is 13.0. The molecule has 3 heterocycles. The van der Waals surface area contributed by atoms with Gasteiger partial charge in [0.1, 0.15) is 16.5 Å². The van der Waals surface area contributed by atoms with Gasteiger partial charge < -0.3 is 9.73 Å². The number of hydrogen-bond donors (Lipinski definition) is 1. The van der Waals surface area contributed by atoms with Crippen LogP contribution in [0.15, 0.2) is 81.9 Å². The van der Waals surface area contributed by atoms with Crippen LogP contribution in [0.5, 0.6) is 0 Å². The maximum Gasteiger partial charge on any atom is 0.271 e. The maximum atomic E-state index is 12.4. The Balaban J connectivity index is 1.36. The Morgan fingerprint density at radius 3 is 2.77 bits per heavy atom. The maximum absolute atomic E-state index is 12.4. The van der Waals surface area contributed by atoms with E-state index < -0.39 is 0 Å². The Kier molecular flexibility index (Phi) is 7.19. The smallest absolute Gasteiger partial charge is 0.271 e. The van der Waals surface area contributed by atoms with Gasteiger partial charge in [-0.05, 0) is 42.5 Å². The summed E-state index contributed by atoms with van der Waals surface area (Å²) in [6, 6.07) is 18.5. The summed E-state index contributed by atoms with van der Waals surface area (Å²) in [5.41, 5.74) is 1.94. The minimum absolute atomic E-state index is 0.253. The Morgan fingerprint density at radius 2 is 1.97 bits per heavy atom. The molecule has 5 rings (SSSR count). The standard InChI is InChI=1S/C24H17Cl2N5O2S2/c25-15-5-3-6-16(11-15)31-22(18-8-1-2-9-19(18)26)29-30-24(31)35-14-21-28-20(13-34-21)23(32)27-12-17-7-4-10-33-17/h1-11,13H,12,14H2,(H,27,32). The number of thiazole rings is 1. The van der Waals surface area contributed by atoms with E-state index in [1.807, 2.05) is 53.1 Å². The second-order valence-corrected chi connectivity index (χ2v) is 10.0. The van der Waals surface area contributed by atoms with E-state index in [1.54, 1.807) is 23.8 Å². The van der Waals surface area contributed by atoms with Gasteiger partial charge in [0.25, 0.3) is 5.91 Å². The third-order valence-electron chi connectivity index (χ3n) is 4.93. The van der Waals surface area contributed by atoms with Gasteiger partial charge in [0.05, 0.1) is 29.3 Å². The molecule has 0 spiro atoms. The van der Waals surface area contributed by atoms with Gasteiger partial charge in [0.15, 0.2) is 11.0 Å². The van der Waals surface area contributed by atoms with Crippen molar-refractivity contribution in [1.29, 1.82) is 0 Å². The summed E-state index contributed by atoms with van der Waals surface area (Å²) in [4.78, 5) is 16.9. The van der Waals surface area contributed by atoms with Gasteiger partial charge in [-0.25, -0.2) is 4.98 Å². The molecule has 0 aliphatic heterocycles. The number of amides is 1. The SMILES string of the molecule is O=C(NCc1ccco1)c1csc(CSc2nnc(-c3ccccc3Cl)n2-c2cccc(Cl)c2)n1. The molecule has 11 heteroatoms. The highest BCUT2D eigenvalue weighted by Crippen LogP contribution is 2.33. The lowest BCUT2D eigenvalue weighted by atomic mass is 10.2. The zero-order valence-corrected chi connectivity index (χ0v) is 21.2. The summed E-state index contributed by atoms with van der Waals surface area (Å²) in [5.74, 6) is 1.55. The summed E-state index contributed by atoms with van der Waals surface area (Å²) >= 11 is 15.6. The fourth-order valence-corrected chi connectivity index (χ4v) is 5.46. The molecule has 0 aliphatic carbocycles. The number of halogens is 2. The number of rotatable bonds is 8. The Bertz CT molecular complexity index is 1470. The number of nitrogens with one attached hydrogen (secondary N) is 1. The summed E-state index contributed by atoms with van der Waals surface area (Å²) in [7, 11) is 0. The van der Waals surface area contributed by atoms with Crippen LogP contribution in [0.25, 0.3) is 17.1 Å². The topological polar surface area (TPSA) is 85.8 Å². The normalized spacial score (nSPS) is 11.0. The Morgan fingerprint density at radius 1 is 1.09 bits per heavy atom. The van der Waals surface area contributed by atoms with Crippen LogP contribution < -0.4 is 5.32 Å². The number of hydrogen-bond acceptors (Lipinski definition) is 7. The van der Waals surface area contributed by atoms with Crippen molar-refractivity contribution in [3.8, 4) is 17.1 Å². The van der Waals surface area contributed by atoms with Gasteiger partial charge in [-0.2, -0.15) is 0 Å². The highest BCUT2D eigenvalue weighted by atomic mass is 35.5. The van der Waals surface area contributed by atoms with Crippen LogP contribution >= 0.6 is 46.3 Å². The molecule has 0 atom stereocenters. The van der Waals surface area contributed by atoms with Crippen molar-refractivity contribution in [2.24, 2.45) is 0 Å². The van der Waals surface area contributed by atoms with Crippen LogP contribution in [0, 0.1) is 0 Å². The number of carbonyl (C=O) groups is 1. The molecular weight excluding hydrogens is 525 g/mol. The van der Waals surface area contributed by atoms with E-state index in [2.05, 4.69) is 20.5 Å². The Hall–Kier alpha value is -3.11. The van der Waals surface area contributed by atoms with E-state index in [0.29, 0.717) is 44.8 Å². The van der Waals surface area contributed by atoms with E-state index in [4.69, 9.17) is 27.6 Å². The van der Waals surface area contributed by atoms with Crippen molar-refractivity contribution in [3.63, 3.8) is 0 Å². The lowest BCUT2D eigenvalue weighted by Gasteiger charge is -2.11. The quantitative estimate of drug-likeness (QED) is 0.225. The molecule has 35 heavy (non-hydrogen) atoms. The molecule has 0 saturated carbocycles. The summed E-state index contributed by atoms with van der Waals surface area (Å²) < 4.78 is 7.16. The zero-order chi connectivity index (χ0) is 24.2. The van der Waals surface area contributed by atoms with Crippen LogP contribution in [0.4, 0.5) is 0 Å².